The number of benzene rings is 2. The van der Waals surface area contributed by atoms with Crippen LogP contribution in [0.4, 0.5) is 0 Å². The third kappa shape index (κ3) is 3.03. The molecular formula is C17H17N3O2S. The van der Waals surface area contributed by atoms with Crippen LogP contribution in [0.15, 0.2) is 36.4 Å². The van der Waals surface area contributed by atoms with Crippen molar-refractivity contribution in [2.45, 2.75) is 13.5 Å². The van der Waals surface area contributed by atoms with Crippen molar-refractivity contribution in [3.63, 3.8) is 0 Å². The van der Waals surface area contributed by atoms with Crippen LogP contribution in [0.5, 0.6) is 5.75 Å². The summed E-state index contributed by atoms with van der Waals surface area (Å²) in [5.41, 5.74) is 4.28. The van der Waals surface area contributed by atoms with Gasteiger partial charge in [0.2, 0.25) is 0 Å². The van der Waals surface area contributed by atoms with Crippen molar-refractivity contribution in [3.8, 4) is 5.75 Å². The van der Waals surface area contributed by atoms with Crippen molar-refractivity contribution >= 4 is 28.7 Å². The molecule has 0 aliphatic rings. The summed E-state index contributed by atoms with van der Waals surface area (Å²) in [6, 6.07) is 11.5. The van der Waals surface area contributed by atoms with Crippen molar-refractivity contribution in [2.75, 3.05) is 14.2 Å². The second kappa shape index (κ2) is 6.34. The lowest BCUT2D eigenvalue weighted by molar-refractivity contribution is 0.0781. The Balaban J connectivity index is 1.85. The Morgan fingerprint density at radius 1 is 1.22 bits per heavy atom. The van der Waals surface area contributed by atoms with Crippen molar-refractivity contribution < 1.29 is 9.53 Å². The van der Waals surface area contributed by atoms with Gasteiger partial charge >= 0.3 is 0 Å². The number of carbonyl (C=O) groups is 1. The SMILES string of the molecule is COc1cccc(C)c1C(=O)N(C)Cc1ccc2nsnc2c1. The molecule has 0 radical (unpaired) electrons. The van der Waals surface area contributed by atoms with Crippen LogP contribution in [0.1, 0.15) is 21.5 Å². The minimum Gasteiger partial charge on any atom is -0.496 e. The maximum atomic E-state index is 12.8. The van der Waals surface area contributed by atoms with Gasteiger partial charge < -0.3 is 9.64 Å². The summed E-state index contributed by atoms with van der Waals surface area (Å²) >= 11 is 1.19. The van der Waals surface area contributed by atoms with Gasteiger partial charge in [-0.05, 0) is 36.2 Å². The Hall–Kier alpha value is -2.47. The molecule has 0 atom stereocenters. The molecule has 5 nitrogen and oxygen atoms in total. The highest BCUT2D eigenvalue weighted by Gasteiger charge is 2.19. The van der Waals surface area contributed by atoms with E-state index in [9.17, 15) is 4.79 Å². The minimum absolute atomic E-state index is 0.0588. The molecule has 0 saturated heterocycles. The standard InChI is InChI=1S/C17H17N3O2S/c1-11-5-4-6-15(22-3)16(11)17(21)20(2)10-12-7-8-13-14(9-12)19-23-18-13/h4-9H,10H2,1-3H3. The van der Waals surface area contributed by atoms with Gasteiger partial charge in [0, 0.05) is 13.6 Å². The second-order valence-corrected chi connectivity index (χ2v) is 5.93. The summed E-state index contributed by atoms with van der Waals surface area (Å²) in [6.07, 6.45) is 0. The number of nitrogens with zero attached hydrogens (tertiary/aromatic N) is 3. The topological polar surface area (TPSA) is 55.3 Å². The smallest absolute Gasteiger partial charge is 0.257 e. The molecule has 0 aliphatic heterocycles. The Morgan fingerprint density at radius 2 is 2.00 bits per heavy atom. The molecular weight excluding hydrogens is 310 g/mol. The maximum Gasteiger partial charge on any atom is 0.257 e. The molecule has 0 fully saturated rings. The van der Waals surface area contributed by atoms with Crippen LogP contribution in [0.3, 0.4) is 0 Å². The molecule has 118 valence electrons. The van der Waals surface area contributed by atoms with Gasteiger partial charge in [0.05, 0.1) is 24.4 Å². The molecule has 3 rings (SSSR count). The summed E-state index contributed by atoms with van der Waals surface area (Å²) < 4.78 is 13.8. The van der Waals surface area contributed by atoms with Gasteiger partial charge in [0.25, 0.3) is 5.91 Å². The van der Waals surface area contributed by atoms with Crippen LogP contribution < -0.4 is 4.74 Å². The van der Waals surface area contributed by atoms with Crippen LogP contribution in [0, 0.1) is 6.92 Å². The number of aryl methyl sites for hydroxylation is 1. The number of hydrogen-bond acceptors (Lipinski definition) is 5. The van der Waals surface area contributed by atoms with Crippen molar-refractivity contribution in [3.05, 3.63) is 53.1 Å². The molecule has 1 amide bonds. The van der Waals surface area contributed by atoms with Gasteiger partial charge in [-0.25, -0.2) is 0 Å². The number of ether oxygens (including phenoxy) is 1. The fraction of sp³-hybridized carbons (Fsp3) is 0.235. The average molecular weight is 327 g/mol. The lowest BCUT2D eigenvalue weighted by Crippen LogP contribution is -2.27. The highest BCUT2D eigenvalue weighted by atomic mass is 32.1. The first kappa shape index (κ1) is 15.4. The molecule has 0 bridgehead atoms. The van der Waals surface area contributed by atoms with Gasteiger partial charge in [-0.1, -0.05) is 18.2 Å². The predicted molar refractivity (Wildman–Crippen MR) is 90.9 cm³/mol. The predicted octanol–water partition coefficient (Wildman–Crippen LogP) is 3.28. The quantitative estimate of drug-likeness (QED) is 0.738. The largest absolute Gasteiger partial charge is 0.496 e. The fourth-order valence-electron chi connectivity index (χ4n) is 2.55. The summed E-state index contributed by atoms with van der Waals surface area (Å²) in [7, 11) is 3.37. The Labute approximate surface area is 138 Å². The first-order valence-electron chi connectivity index (χ1n) is 7.20. The first-order valence-corrected chi connectivity index (χ1v) is 7.93. The molecule has 0 N–H and O–H groups in total. The van der Waals surface area contributed by atoms with E-state index in [4.69, 9.17) is 4.74 Å². The number of methoxy groups -OCH3 is 1. The molecule has 1 aromatic heterocycles. The van der Waals surface area contributed by atoms with E-state index in [1.807, 2.05) is 37.3 Å². The van der Waals surface area contributed by atoms with Gasteiger partial charge in [0.15, 0.2) is 0 Å². The molecule has 0 spiro atoms. The lowest BCUT2D eigenvalue weighted by Gasteiger charge is -2.20. The molecule has 6 heteroatoms. The van der Waals surface area contributed by atoms with Crippen molar-refractivity contribution in [2.24, 2.45) is 0 Å². The van der Waals surface area contributed by atoms with E-state index in [2.05, 4.69) is 8.75 Å². The fourth-order valence-corrected chi connectivity index (χ4v) is 3.06. The highest BCUT2D eigenvalue weighted by molar-refractivity contribution is 7.00. The monoisotopic (exact) mass is 327 g/mol. The molecule has 0 aliphatic carbocycles. The summed E-state index contributed by atoms with van der Waals surface area (Å²) in [5.74, 6) is 0.539. The molecule has 23 heavy (non-hydrogen) atoms. The van der Waals surface area contributed by atoms with E-state index in [0.29, 0.717) is 17.9 Å². The average Bonchev–Trinajstić information content (AvgIpc) is 3.01. The Morgan fingerprint density at radius 3 is 2.78 bits per heavy atom. The Kier molecular flexibility index (Phi) is 4.25. The third-order valence-corrected chi connectivity index (χ3v) is 4.31. The van der Waals surface area contributed by atoms with Gasteiger partial charge in [-0.15, -0.1) is 0 Å². The van der Waals surface area contributed by atoms with Gasteiger partial charge in [-0.3, -0.25) is 4.79 Å². The summed E-state index contributed by atoms with van der Waals surface area (Å²) in [4.78, 5) is 14.5. The molecule has 0 saturated carbocycles. The summed E-state index contributed by atoms with van der Waals surface area (Å²) in [6.45, 7) is 2.42. The van der Waals surface area contributed by atoms with Gasteiger partial charge in [-0.2, -0.15) is 8.75 Å². The molecule has 1 heterocycles. The first-order chi connectivity index (χ1) is 11.1. The molecule has 0 unspecified atom stereocenters. The normalized spacial score (nSPS) is 10.7. The maximum absolute atomic E-state index is 12.8. The number of carbonyl (C=O) groups excluding carboxylic acids is 1. The van der Waals surface area contributed by atoms with Crippen LogP contribution in [0.2, 0.25) is 0 Å². The Bertz CT molecular complexity index is 860. The molecule has 2 aromatic carbocycles. The third-order valence-electron chi connectivity index (χ3n) is 3.75. The number of amides is 1. The van der Waals surface area contributed by atoms with Gasteiger partial charge in [0.1, 0.15) is 16.8 Å². The zero-order chi connectivity index (χ0) is 16.4. The van der Waals surface area contributed by atoms with E-state index in [1.165, 1.54) is 11.7 Å². The molecule has 3 aromatic rings. The minimum atomic E-state index is -0.0588. The highest BCUT2D eigenvalue weighted by Crippen LogP contribution is 2.24. The number of fused-ring (bicyclic) bond motifs is 1. The number of hydrogen-bond donors (Lipinski definition) is 0. The zero-order valence-electron chi connectivity index (χ0n) is 13.2. The lowest BCUT2D eigenvalue weighted by atomic mass is 10.1. The summed E-state index contributed by atoms with van der Waals surface area (Å²) in [5, 5.41) is 0. The number of rotatable bonds is 4. The van der Waals surface area contributed by atoms with Crippen LogP contribution in [-0.2, 0) is 6.54 Å². The van der Waals surface area contributed by atoms with Crippen LogP contribution >= 0.6 is 11.7 Å². The van der Waals surface area contributed by atoms with E-state index < -0.39 is 0 Å². The zero-order valence-corrected chi connectivity index (χ0v) is 14.1. The van der Waals surface area contributed by atoms with E-state index in [1.54, 1.807) is 25.1 Å². The van der Waals surface area contributed by atoms with Crippen molar-refractivity contribution in [1.82, 2.24) is 13.6 Å². The van der Waals surface area contributed by atoms with E-state index in [-0.39, 0.29) is 5.91 Å². The van der Waals surface area contributed by atoms with E-state index >= 15 is 0 Å². The van der Waals surface area contributed by atoms with Crippen LogP contribution in [-0.4, -0.2) is 33.7 Å². The van der Waals surface area contributed by atoms with E-state index in [0.717, 1.165) is 22.2 Å². The van der Waals surface area contributed by atoms with Crippen LogP contribution in [0.25, 0.3) is 11.0 Å². The number of aromatic nitrogens is 2. The van der Waals surface area contributed by atoms with Crippen molar-refractivity contribution in [1.29, 1.82) is 0 Å². The second-order valence-electron chi connectivity index (χ2n) is 5.40.